The van der Waals surface area contributed by atoms with Gasteiger partial charge in [0, 0.05) is 0 Å². The Bertz CT molecular complexity index is 154. The third-order valence-corrected chi connectivity index (χ3v) is 1.37. The number of ether oxygens (including phenoxy) is 1. The number of alkyl carbamates (subject to hydrolysis) is 2. The molecule has 1 rings (SSSR count). The van der Waals surface area contributed by atoms with Gasteiger partial charge in [-0.05, 0) is 0 Å². The van der Waals surface area contributed by atoms with E-state index in [1.54, 1.807) is 0 Å². The number of hydrogen-bond acceptors (Lipinski definition) is 3. The lowest BCUT2D eigenvalue weighted by molar-refractivity contribution is -0.771. The van der Waals surface area contributed by atoms with Crippen molar-refractivity contribution in [3.8, 4) is 0 Å². The lowest BCUT2D eigenvalue weighted by Crippen LogP contribution is -3.22. The van der Waals surface area contributed by atoms with Crippen molar-refractivity contribution in [2.45, 2.75) is 6.42 Å². The normalized spacial score (nSPS) is 25.0. The molecule has 9 heavy (non-hydrogen) atoms. The fraction of sp³-hybridized carbons (Fsp3) is 0.600. The van der Waals surface area contributed by atoms with Crippen molar-refractivity contribution < 1.29 is 19.2 Å². The van der Waals surface area contributed by atoms with Gasteiger partial charge in [-0.25, -0.2) is 4.79 Å². The molecule has 4 heteroatoms. The predicted octanol–water partition coefficient (Wildman–Crippen LogP) is -1.43. The van der Waals surface area contributed by atoms with Crippen molar-refractivity contribution in [1.82, 2.24) is 0 Å². The highest BCUT2D eigenvalue weighted by Gasteiger charge is 2.38. The summed E-state index contributed by atoms with van der Waals surface area (Å²) in [5.41, 5.74) is 0. The summed E-state index contributed by atoms with van der Waals surface area (Å²) >= 11 is 0. The number of imide groups is 1. The van der Waals surface area contributed by atoms with Crippen molar-refractivity contribution in [2.24, 2.45) is 0 Å². The minimum Gasteiger partial charge on any atom is -0.423 e. The van der Waals surface area contributed by atoms with E-state index in [1.165, 1.54) is 7.11 Å². The van der Waals surface area contributed by atoms with Crippen LogP contribution in [-0.2, 0) is 9.53 Å². The maximum absolute atomic E-state index is 10.5. The third kappa shape index (κ3) is 0.929. The first-order valence-electron chi connectivity index (χ1n) is 2.73. The van der Waals surface area contributed by atoms with Crippen molar-refractivity contribution in [2.75, 3.05) is 13.7 Å². The Morgan fingerprint density at radius 3 is 2.56 bits per heavy atom. The molecule has 0 bridgehead atoms. The van der Waals surface area contributed by atoms with E-state index in [0.717, 1.165) is 0 Å². The van der Waals surface area contributed by atoms with Gasteiger partial charge in [-0.2, -0.15) is 9.69 Å². The number of carbonyl (C=O) groups is 2. The molecule has 0 radical (unpaired) electrons. The van der Waals surface area contributed by atoms with E-state index in [2.05, 4.69) is 4.74 Å². The fourth-order valence-corrected chi connectivity index (χ4v) is 0.691. The summed E-state index contributed by atoms with van der Waals surface area (Å²) in [4.78, 5) is 21.3. The summed E-state index contributed by atoms with van der Waals surface area (Å²) in [6, 6.07) is 0. The molecule has 1 unspecified atom stereocenters. The van der Waals surface area contributed by atoms with E-state index < -0.39 is 6.09 Å². The quantitative estimate of drug-likeness (QED) is 0.409. The molecule has 1 saturated heterocycles. The molecule has 0 spiro atoms. The maximum atomic E-state index is 10.5. The van der Waals surface area contributed by atoms with E-state index in [9.17, 15) is 9.59 Å². The number of rotatable bonds is 0. The zero-order chi connectivity index (χ0) is 6.85. The minimum atomic E-state index is -0.466. The molecule has 1 aliphatic rings. The highest BCUT2D eigenvalue weighted by molar-refractivity contribution is 5.80. The van der Waals surface area contributed by atoms with Gasteiger partial charge >= 0.3 is 12.0 Å². The summed E-state index contributed by atoms with van der Waals surface area (Å²) in [5, 5.41) is 0. The first-order chi connectivity index (χ1) is 4.25. The van der Waals surface area contributed by atoms with Crippen molar-refractivity contribution in [1.29, 1.82) is 0 Å². The number of likely N-dealkylation sites (tertiary alicyclic amines) is 1. The largest absolute Gasteiger partial charge is 0.521 e. The standard InChI is InChI=1S/C5H7NO3/c1-9-5(8)6-3-2-4(6)7/h2-3H2,1H3/p+1. The van der Waals surface area contributed by atoms with Crippen LogP contribution in [0.3, 0.4) is 0 Å². The molecule has 0 aromatic rings. The zero-order valence-corrected chi connectivity index (χ0v) is 5.14. The molecule has 1 heterocycles. The average Bonchev–Trinajstić information content (AvgIpc) is 1.84. The topological polar surface area (TPSA) is 47.8 Å². The van der Waals surface area contributed by atoms with Gasteiger partial charge in [0.2, 0.25) is 0 Å². The molecule has 0 aromatic carbocycles. The molecule has 1 aliphatic heterocycles. The minimum absolute atomic E-state index is 0.0677. The Labute approximate surface area is 52.4 Å². The smallest absolute Gasteiger partial charge is 0.423 e. The van der Waals surface area contributed by atoms with E-state index in [4.69, 9.17) is 0 Å². The average molecular weight is 130 g/mol. The predicted molar refractivity (Wildman–Crippen MR) is 27.9 cm³/mol. The lowest BCUT2D eigenvalue weighted by Gasteiger charge is -2.18. The highest BCUT2D eigenvalue weighted by atomic mass is 16.5. The monoisotopic (exact) mass is 130 g/mol. The van der Waals surface area contributed by atoms with Crippen molar-refractivity contribution in [3.63, 3.8) is 0 Å². The third-order valence-electron chi connectivity index (χ3n) is 1.37. The molecular weight excluding hydrogens is 122 g/mol. The van der Waals surface area contributed by atoms with Crippen LogP contribution in [0, 0.1) is 0 Å². The van der Waals surface area contributed by atoms with Gasteiger partial charge in [-0.3, -0.25) is 0 Å². The SMILES string of the molecule is COC(=O)[NH+]1CCC1=O. The lowest BCUT2D eigenvalue weighted by atomic mass is 10.2. The highest BCUT2D eigenvalue weighted by Crippen LogP contribution is 1.82. The molecule has 1 N–H and O–H groups in total. The van der Waals surface area contributed by atoms with Crippen LogP contribution in [-0.4, -0.2) is 25.7 Å². The summed E-state index contributed by atoms with van der Waals surface area (Å²) in [7, 11) is 1.28. The number of hydrogen-bond donors (Lipinski definition) is 1. The second-order valence-corrected chi connectivity index (χ2v) is 1.89. The van der Waals surface area contributed by atoms with Crippen LogP contribution in [0.2, 0.25) is 0 Å². The number of amides is 2. The molecule has 1 atom stereocenters. The van der Waals surface area contributed by atoms with Crippen LogP contribution in [0.15, 0.2) is 0 Å². The second-order valence-electron chi connectivity index (χ2n) is 1.89. The molecule has 4 nitrogen and oxygen atoms in total. The van der Waals surface area contributed by atoms with E-state index in [-0.39, 0.29) is 5.91 Å². The van der Waals surface area contributed by atoms with Gasteiger partial charge < -0.3 is 4.74 Å². The zero-order valence-electron chi connectivity index (χ0n) is 5.14. The Morgan fingerprint density at radius 1 is 1.78 bits per heavy atom. The second kappa shape index (κ2) is 2.14. The Hall–Kier alpha value is -0.900. The van der Waals surface area contributed by atoms with E-state index in [1.807, 2.05) is 0 Å². The van der Waals surface area contributed by atoms with Crippen LogP contribution < -0.4 is 4.90 Å². The van der Waals surface area contributed by atoms with E-state index >= 15 is 0 Å². The van der Waals surface area contributed by atoms with Crippen LogP contribution in [0.25, 0.3) is 0 Å². The van der Waals surface area contributed by atoms with Crippen LogP contribution in [0.4, 0.5) is 4.79 Å². The Balaban J connectivity index is 2.44. The Morgan fingerprint density at radius 2 is 2.44 bits per heavy atom. The van der Waals surface area contributed by atoms with Crippen LogP contribution in [0.1, 0.15) is 6.42 Å². The number of carbonyl (C=O) groups excluding carboxylic acids is 2. The molecule has 0 saturated carbocycles. The fourth-order valence-electron chi connectivity index (χ4n) is 0.691. The van der Waals surface area contributed by atoms with Crippen LogP contribution >= 0.6 is 0 Å². The number of β-lactam (4-membered cyclic amide) rings is 1. The van der Waals surface area contributed by atoms with Gasteiger partial charge in [0.05, 0.1) is 7.11 Å². The molecule has 0 aromatic heterocycles. The molecule has 0 aliphatic carbocycles. The number of nitrogens with one attached hydrogen (secondary N) is 1. The molecule has 50 valence electrons. The van der Waals surface area contributed by atoms with Crippen LogP contribution in [0.5, 0.6) is 0 Å². The van der Waals surface area contributed by atoms with E-state index in [0.29, 0.717) is 17.9 Å². The molecule has 2 amide bonds. The van der Waals surface area contributed by atoms with Crippen molar-refractivity contribution in [3.05, 3.63) is 0 Å². The first-order valence-corrected chi connectivity index (χ1v) is 2.73. The van der Waals surface area contributed by atoms with Gasteiger partial charge in [0.15, 0.2) is 0 Å². The Kier molecular flexibility index (Phi) is 1.48. The summed E-state index contributed by atoms with van der Waals surface area (Å²) in [5.74, 6) is -0.0677. The van der Waals surface area contributed by atoms with Gasteiger partial charge in [-0.1, -0.05) is 0 Å². The van der Waals surface area contributed by atoms with Gasteiger partial charge in [-0.15, -0.1) is 0 Å². The summed E-state index contributed by atoms with van der Waals surface area (Å²) in [6.45, 7) is 0.589. The maximum Gasteiger partial charge on any atom is 0.521 e. The summed E-state index contributed by atoms with van der Waals surface area (Å²) in [6.07, 6.45) is 0.0380. The van der Waals surface area contributed by atoms with Crippen molar-refractivity contribution >= 4 is 12.0 Å². The first kappa shape index (κ1) is 6.22. The number of methoxy groups -OCH3 is 1. The molecular formula is C5H8NO3+. The van der Waals surface area contributed by atoms with Gasteiger partial charge in [0.25, 0.3) is 0 Å². The summed E-state index contributed by atoms with van der Waals surface area (Å²) < 4.78 is 4.33. The van der Waals surface area contributed by atoms with Gasteiger partial charge in [0.1, 0.15) is 13.0 Å². The molecule has 1 fully saturated rings. The number of quaternary nitrogens is 1.